The maximum absolute atomic E-state index is 12.8. The van der Waals surface area contributed by atoms with Crippen molar-refractivity contribution < 1.29 is 9.53 Å². The van der Waals surface area contributed by atoms with Gasteiger partial charge in [-0.05, 0) is 79.7 Å². The van der Waals surface area contributed by atoms with Crippen molar-refractivity contribution in [2.24, 2.45) is 0 Å². The number of carbonyl (C=O) groups is 1. The average Bonchev–Trinajstić information content (AvgIpc) is 2.75. The molecule has 0 unspecified atom stereocenters. The normalized spacial score (nSPS) is 10.5. The number of hydrogen-bond donors (Lipinski definition) is 2. The summed E-state index contributed by atoms with van der Waals surface area (Å²) in [6.07, 6.45) is 0. The Morgan fingerprint density at radius 1 is 1.03 bits per heavy atom. The first-order valence-corrected chi connectivity index (χ1v) is 10.4. The fraction of sp³-hybridized carbons (Fsp3) is 0.250. The van der Waals surface area contributed by atoms with Gasteiger partial charge in [-0.25, -0.2) is 0 Å². The number of benzene rings is 3. The number of nitrogens with zero attached hydrogens (tertiary/aromatic N) is 1. The number of aryl methyl sites for hydroxylation is 1. The summed E-state index contributed by atoms with van der Waals surface area (Å²) < 4.78 is 5.42. The lowest BCUT2D eigenvalue weighted by molar-refractivity contribution is 0.0975. The zero-order chi connectivity index (χ0) is 21.7. The fourth-order valence-electron chi connectivity index (χ4n) is 3.46. The molecule has 0 fully saturated rings. The lowest BCUT2D eigenvalue weighted by Gasteiger charge is -2.22. The van der Waals surface area contributed by atoms with Gasteiger partial charge in [-0.15, -0.1) is 0 Å². The van der Waals surface area contributed by atoms with Crippen LogP contribution in [0.4, 0.5) is 11.4 Å². The van der Waals surface area contributed by atoms with E-state index in [9.17, 15) is 4.79 Å². The van der Waals surface area contributed by atoms with Gasteiger partial charge in [0.15, 0.2) is 5.11 Å². The molecule has 0 spiro atoms. The first-order chi connectivity index (χ1) is 14.5. The molecular weight excluding hydrogens is 394 g/mol. The molecule has 0 bridgehead atoms. The molecule has 3 aromatic rings. The third kappa shape index (κ3) is 4.71. The van der Waals surface area contributed by atoms with Gasteiger partial charge >= 0.3 is 0 Å². The molecule has 0 aliphatic carbocycles. The fourth-order valence-corrected chi connectivity index (χ4v) is 3.67. The highest BCUT2D eigenvalue weighted by atomic mass is 32.1. The summed E-state index contributed by atoms with van der Waals surface area (Å²) in [7, 11) is 1.55. The molecule has 0 saturated heterocycles. The highest BCUT2D eigenvalue weighted by Gasteiger charge is 2.15. The van der Waals surface area contributed by atoms with Gasteiger partial charge in [0.1, 0.15) is 5.75 Å². The Morgan fingerprint density at radius 3 is 2.30 bits per heavy atom. The number of rotatable bonds is 6. The molecule has 0 saturated carbocycles. The Balaban J connectivity index is 1.75. The van der Waals surface area contributed by atoms with E-state index in [0.717, 1.165) is 35.1 Å². The first-order valence-electron chi connectivity index (χ1n) is 10.0. The van der Waals surface area contributed by atoms with Gasteiger partial charge in [0.05, 0.1) is 12.7 Å². The number of amides is 1. The van der Waals surface area contributed by atoms with Gasteiger partial charge in [0, 0.05) is 24.5 Å². The Kier molecular flexibility index (Phi) is 6.90. The van der Waals surface area contributed by atoms with Crippen LogP contribution in [-0.2, 0) is 0 Å². The molecule has 0 atom stereocenters. The van der Waals surface area contributed by atoms with Crippen LogP contribution in [0.5, 0.6) is 5.75 Å². The topological polar surface area (TPSA) is 53.6 Å². The van der Waals surface area contributed by atoms with E-state index in [0.29, 0.717) is 11.3 Å². The largest absolute Gasteiger partial charge is 0.496 e. The predicted octanol–water partition coefficient (Wildman–Crippen LogP) is 5.13. The van der Waals surface area contributed by atoms with E-state index in [2.05, 4.69) is 41.5 Å². The Morgan fingerprint density at radius 2 is 1.70 bits per heavy atom. The number of methoxy groups -OCH3 is 1. The minimum atomic E-state index is -0.312. The van der Waals surface area contributed by atoms with Crippen LogP contribution in [0.3, 0.4) is 0 Å². The van der Waals surface area contributed by atoms with Gasteiger partial charge in [0.2, 0.25) is 0 Å². The van der Waals surface area contributed by atoms with E-state index in [1.807, 2.05) is 49.4 Å². The minimum Gasteiger partial charge on any atom is -0.496 e. The summed E-state index contributed by atoms with van der Waals surface area (Å²) in [5.41, 5.74) is 3.52. The lowest BCUT2D eigenvalue weighted by atomic mass is 10.1. The Hall–Kier alpha value is -3.12. The molecule has 1 amide bonds. The third-order valence-electron chi connectivity index (χ3n) is 5.13. The maximum Gasteiger partial charge on any atom is 0.261 e. The Bertz CT molecular complexity index is 1080. The van der Waals surface area contributed by atoms with Gasteiger partial charge in [0.25, 0.3) is 5.91 Å². The highest BCUT2D eigenvalue weighted by molar-refractivity contribution is 7.80. The molecule has 0 radical (unpaired) electrons. The Labute approximate surface area is 183 Å². The smallest absolute Gasteiger partial charge is 0.261 e. The van der Waals surface area contributed by atoms with E-state index in [1.54, 1.807) is 7.11 Å². The van der Waals surface area contributed by atoms with E-state index >= 15 is 0 Å². The monoisotopic (exact) mass is 421 g/mol. The number of hydrogen-bond acceptors (Lipinski definition) is 4. The molecule has 30 heavy (non-hydrogen) atoms. The van der Waals surface area contributed by atoms with Crippen molar-refractivity contribution in [1.29, 1.82) is 0 Å². The molecule has 0 heterocycles. The molecule has 6 heteroatoms. The van der Waals surface area contributed by atoms with Gasteiger partial charge in [-0.1, -0.05) is 24.3 Å². The molecular formula is C24H27N3O2S. The van der Waals surface area contributed by atoms with Crippen LogP contribution in [-0.4, -0.2) is 31.2 Å². The van der Waals surface area contributed by atoms with Crippen molar-refractivity contribution in [2.45, 2.75) is 20.8 Å². The van der Waals surface area contributed by atoms with Crippen LogP contribution in [0.2, 0.25) is 0 Å². The second-order valence-electron chi connectivity index (χ2n) is 6.98. The van der Waals surface area contributed by atoms with E-state index in [4.69, 9.17) is 17.0 Å². The SMILES string of the molecule is CCN(CC)c1ccc(NC(=S)NC(=O)c2cc3ccccc3cc2OC)c(C)c1. The van der Waals surface area contributed by atoms with Crippen LogP contribution >= 0.6 is 12.2 Å². The number of fused-ring (bicyclic) bond motifs is 1. The van der Waals surface area contributed by atoms with Crippen LogP contribution < -0.4 is 20.3 Å². The summed E-state index contributed by atoms with van der Waals surface area (Å²) >= 11 is 5.38. The van der Waals surface area contributed by atoms with E-state index < -0.39 is 0 Å². The van der Waals surface area contributed by atoms with Gasteiger partial charge in [-0.3, -0.25) is 10.1 Å². The zero-order valence-corrected chi connectivity index (χ0v) is 18.6. The molecule has 3 aromatic carbocycles. The standard InChI is InChI=1S/C24H27N3O2S/c1-5-27(6-2)19-11-12-21(16(3)13-19)25-24(30)26-23(28)20-14-17-9-7-8-10-18(17)15-22(20)29-4/h7-15H,5-6H2,1-4H3,(H2,25,26,28,30). The van der Waals surface area contributed by atoms with Crippen LogP contribution in [0.15, 0.2) is 54.6 Å². The highest BCUT2D eigenvalue weighted by Crippen LogP contribution is 2.26. The molecule has 0 aliphatic heterocycles. The number of carbonyl (C=O) groups excluding carboxylic acids is 1. The van der Waals surface area contributed by atoms with Crippen molar-refractivity contribution in [3.05, 3.63) is 65.7 Å². The minimum absolute atomic E-state index is 0.244. The maximum atomic E-state index is 12.8. The predicted molar refractivity (Wildman–Crippen MR) is 129 cm³/mol. The van der Waals surface area contributed by atoms with Crippen molar-refractivity contribution in [2.75, 3.05) is 30.4 Å². The first kappa shape index (κ1) is 21.6. The van der Waals surface area contributed by atoms with Crippen molar-refractivity contribution in [3.8, 4) is 5.75 Å². The summed E-state index contributed by atoms with van der Waals surface area (Å²) in [6, 6.07) is 17.7. The second-order valence-corrected chi connectivity index (χ2v) is 7.39. The summed E-state index contributed by atoms with van der Waals surface area (Å²) in [5.74, 6) is 0.196. The summed E-state index contributed by atoms with van der Waals surface area (Å²) in [4.78, 5) is 15.1. The quantitative estimate of drug-likeness (QED) is 0.541. The second kappa shape index (κ2) is 9.59. The van der Waals surface area contributed by atoms with Gasteiger partial charge in [-0.2, -0.15) is 0 Å². The average molecular weight is 422 g/mol. The number of thiocarbonyl (C=S) groups is 1. The van der Waals surface area contributed by atoms with Crippen LogP contribution in [0, 0.1) is 6.92 Å². The van der Waals surface area contributed by atoms with Gasteiger partial charge < -0.3 is 15.0 Å². The van der Waals surface area contributed by atoms with Crippen molar-refractivity contribution >= 4 is 45.4 Å². The van der Waals surface area contributed by atoms with Crippen LogP contribution in [0.1, 0.15) is 29.8 Å². The molecule has 156 valence electrons. The molecule has 3 rings (SSSR count). The molecule has 5 nitrogen and oxygen atoms in total. The number of anilines is 2. The number of ether oxygens (including phenoxy) is 1. The van der Waals surface area contributed by atoms with Crippen LogP contribution in [0.25, 0.3) is 10.8 Å². The third-order valence-corrected chi connectivity index (χ3v) is 5.33. The molecule has 0 aliphatic rings. The lowest BCUT2D eigenvalue weighted by Crippen LogP contribution is -2.34. The molecule has 2 N–H and O–H groups in total. The summed E-state index contributed by atoms with van der Waals surface area (Å²) in [5, 5.41) is 8.11. The summed E-state index contributed by atoms with van der Waals surface area (Å²) in [6.45, 7) is 8.19. The van der Waals surface area contributed by atoms with E-state index in [1.165, 1.54) is 5.69 Å². The zero-order valence-electron chi connectivity index (χ0n) is 17.8. The van der Waals surface area contributed by atoms with E-state index in [-0.39, 0.29) is 11.0 Å². The van der Waals surface area contributed by atoms with Crippen molar-refractivity contribution in [3.63, 3.8) is 0 Å². The number of nitrogens with one attached hydrogen (secondary N) is 2. The molecule has 0 aromatic heterocycles. The van der Waals surface area contributed by atoms with Crippen molar-refractivity contribution in [1.82, 2.24) is 5.32 Å².